The van der Waals surface area contributed by atoms with Crippen molar-refractivity contribution in [3.63, 3.8) is 0 Å². The highest BCUT2D eigenvalue weighted by molar-refractivity contribution is 5.81. The molecule has 0 aliphatic rings. The molecule has 3 N–H and O–H groups in total. The van der Waals surface area contributed by atoms with Crippen molar-refractivity contribution in [2.45, 2.75) is 33.3 Å². The summed E-state index contributed by atoms with van der Waals surface area (Å²) in [5.74, 6) is 0.0102. The zero-order valence-electron chi connectivity index (χ0n) is 9.55. The number of carbonyl (C=O) groups is 1. The third-order valence-corrected chi connectivity index (χ3v) is 2.26. The van der Waals surface area contributed by atoms with Crippen molar-refractivity contribution < 1.29 is 9.90 Å². The van der Waals surface area contributed by atoms with Crippen molar-refractivity contribution >= 4 is 5.91 Å². The first-order chi connectivity index (χ1) is 6.44. The minimum Gasteiger partial charge on any atom is -0.392 e. The maximum absolute atomic E-state index is 11.4. The Balaban J connectivity index is 3.82. The monoisotopic (exact) mass is 202 g/mol. The van der Waals surface area contributed by atoms with E-state index in [4.69, 9.17) is 0 Å². The zero-order chi connectivity index (χ0) is 11.2. The summed E-state index contributed by atoms with van der Waals surface area (Å²) in [6, 6.07) is 0. The summed E-state index contributed by atoms with van der Waals surface area (Å²) in [7, 11) is 1.63. The fraction of sp³-hybridized carbons (Fsp3) is 0.900. The van der Waals surface area contributed by atoms with Gasteiger partial charge in [0, 0.05) is 20.1 Å². The molecule has 0 fully saturated rings. The van der Waals surface area contributed by atoms with Crippen molar-refractivity contribution in [3.8, 4) is 0 Å². The van der Waals surface area contributed by atoms with Gasteiger partial charge in [0.25, 0.3) is 0 Å². The number of hydrogen-bond donors (Lipinski definition) is 3. The summed E-state index contributed by atoms with van der Waals surface area (Å²) >= 11 is 0. The van der Waals surface area contributed by atoms with Crippen LogP contribution in [0.3, 0.4) is 0 Å². The molecule has 14 heavy (non-hydrogen) atoms. The molecule has 0 radical (unpaired) electrons. The van der Waals surface area contributed by atoms with Crippen LogP contribution >= 0.6 is 0 Å². The third-order valence-electron chi connectivity index (χ3n) is 2.26. The van der Waals surface area contributed by atoms with Crippen LogP contribution in [0, 0.1) is 5.41 Å². The lowest BCUT2D eigenvalue weighted by Crippen LogP contribution is -2.43. The molecule has 0 aromatic rings. The number of aliphatic hydroxyl groups is 1. The van der Waals surface area contributed by atoms with Gasteiger partial charge in [0.1, 0.15) is 0 Å². The number of nitrogens with one attached hydrogen (secondary N) is 2. The number of carbonyl (C=O) groups excluding carboxylic acids is 1. The molecule has 0 spiro atoms. The van der Waals surface area contributed by atoms with E-state index in [2.05, 4.69) is 10.6 Å². The Morgan fingerprint density at radius 2 is 2.07 bits per heavy atom. The fourth-order valence-corrected chi connectivity index (χ4v) is 1.11. The Hall–Kier alpha value is -0.610. The molecule has 0 aromatic carbocycles. The van der Waals surface area contributed by atoms with Crippen LogP contribution in [0.25, 0.3) is 0 Å². The molecule has 0 saturated carbocycles. The Bertz CT molecular complexity index is 181. The average Bonchev–Trinajstić information content (AvgIpc) is 2.15. The lowest BCUT2D eigenvalue weighted by atomic mass is 9.92. The Kier molecular flexibility index (Phi) is 5.72. The maximum Gasteiger partial charge on any atom is 0.226 e. The molecule has 0 saturated heterocycles. The first kappa shape index (κ1) is 13.4. The molecule has 84 valence electrons. The van der Waals surface area contributed by atoms with Gasteiger partial charge in [-0.25, -0.2) is 0 Å². The molecule has 4 heteroatoms. The Labute approximate surface area is 86.1 Å². The first-order valence-electron chi connectivity index (χ1n) is 5.05. The predicted octanol–water partition coefficient (Wildman–Crippen LogP) is 0.119. The van der Waals surface area contributed by atoms with Gasteiger partial charge < -0.3 is 15.7 Å². The van der Waals surface area contributed by atoms with Gasteiger partial charge in [0.05, 0.1) is 11.5 Å². The smallest absolute Gasteiger partial charge is 0.226 e. The van der Waals surface area contributed by atoms with Crippen molar-refractivity contribution in [1.29, 1.82) is 0 Å². The average molecular weight is 202 g/mol. The Morgan fingerprint density at radius 3 is 2.50 bits per heavy atom. The Morgan fingerprint density at radius 1 is 1.50 bits per heavy atom. The van der Waals surface area contributed by atoms with E-state index in [1.54, 1.807) is 7.05 Å². The summed E-state index contributed by atoms with van der Waals surface area (Å²) in [4.78, 5) is 11.4. The highest BCUT2D eigenvalue weighted by atomic mass is 16.3. The highest BCUT2D eigenvalue weighted by Crippen LogP contribution is 2.12. The van der Waals surface area contributed by atoms with Gasteiger partial charge in [-0.15, -0.1) is 0 Å². The molecule has 0 heterocycles. The largest absolute Gasteiger partial charge is 0.392 e. The standard InChI is InChI=1S/C10H22N2O2/c1-5-8(13)6-12-7-10(2,3)9(14)11-4/h8,12-13H,5-7H2,1-4H3,(H,11,14). The van der Waals surface area contributed by atoms with Crippen molar-refractivity contribution in [2.75, 3.05) is 20.1 Å². The van der Waals surface area contributed by atoms with E-state index in [0.717, 1.165) is 6.42 Å². The summed E-state index contributed by atoms with van der Waals surface area (Å²) in [6.45, 7) is 6.78. The zero-order valence-corrected chi connectivity index (χ0v) is 9.55. The molecular weight excluding hydrogens is 180 g/mol. The minimum atomic E-state index is -0.428. The first-order valence-corrected chi connectivity index (χ1v) is 5.05. The number of rotatable bonds is 6. The molecule has 0 aliphatic heterocycles. The van der Waals surface area contributed by atoms with Crippen LogP contribution in [0.5, 0.6) is 0 Å². The molecule has 1 amide bonds. The van der Waals surface area contributed by atoms with Crippen LogP contribution in [-0.4, -0.2) is 37.3 Å². The normalized spacial score (nSPS) is 13.8. The van der Waals surface area contributed by atoms with Crippen LogP contribution in [0.2, 0.25) is 0 Å². The van der Waals surface area contributed by atoms with Gasteiger partial charge in [-0.3, -0.25) is 4.79 Å². The SMILES string of the molecule is CCC(O)CNCC(C)(C)C(=O)NC. The van der Waals surface area contributed by atoms with Crippen molar-refractivity contribution in [3.05, 3.63) is 0 Å². The van der Waals surface area contributed by atoms with Crippen LogP contribution in [-0.2, 0) is 4.79 Å². The third kappa shape index (κ3) is 4.58. The van der Waals surface area contributed by atoms with Crippen molar-refractivity contribution in [1.82, 2.24) is 10.6 Å². The topological polar surface area (TPSA) is 61.4 Å². The summed E-state index contributed by atoms with van der Waals surface area (Å²) < 4.78 is 0. The predicted molar refractivity (Wildman–Crippen MR) is 57.0 cm³/mol. The molecule has 0 rings (SSSR count). The molecule has 0 aromatic heterocycles. The summed E-state index contributed by atoms with van der Waals surface area (Å²) in [5.41, 5.74) is -0.428. The number of amides is 1. The van der Waals surface area contributed by atoms with Crippen molar-refractivity contribution in [2.24, 2.45) is 5.41 Å². The minimum absolute atomic E-state index is 0.0102. The van der Waals surface area contributed by atoms with Gasteiger partial charge >= 0.3 is 0 Å². The van der Waals surface area contributed by atoms with Gasteiger partial charge in [-0.05, 0) is 20.3 Å². The van der Waals surface area contributed by atoms with Gasteiger partial charge in [-0.2, -0.15) is 0 Å². The summed E-state index contributed by atoms with van der Waals surface area (Å²) in [5, 5.41) is 15.0. The van der Waals surface area contributed by atoms with E-state index in [-0.39, 0.29) is 12.0 Å². The highest BCUT2D eigenvalue weighted by Gasteiger charge is 2.25. The van der Waals surface area contributed by atoms with Crippen LogP contribution < -0.4 is 10.6 Å². The molecule has 4 nitrogen and oxygen atoms in total. The van der Waals surface area contributed by atoms with E-state index in [0.29, 0.717) is 13.1 Å². The number of aliphatic hydroxyl groups excluding tert-OH is 1. The quantitative estimate of drug-likeness (QED) is 0.573. The van der Waals surface area contributed by atoms with E-state index in [1.165, 1.54) is 0 Å². The molecular formula is C10H22N2O2. The van der Waals surface area contributed by atoms with Gasteiger partial charge in [0.15, 0.2) is 0 Å². The van der Waals surface area contributed by atoms with Crippen LogP contribution in [0.4, 0.5) is 0 Å². The van der Waals surface area contributed by atoms with Gasteiger partial charge in [0.2, 0.25) is 5.91 Å². The van der Waals surface area contributed by atoms with E-state index < -0.39 is 5.41 Å². The van der Waals surface area contributed by atoms with E-state index in [1.807, 2.05) is 20.8 Å². The molecule has 1 unspecified atom stereocenters. The number of hydrogen-bond acceptors (Lipinski definition) is 3. The fourth-order valence-electron chi connectivity index (χ4n) is 1.11. The van der Waals surface area contributed by atoms with Crippen LogP contribution in [0.15, 0.2) is 0 Å². The second-order valence-corrected chi connectivity index (χ2v) is 4.16. The maximum atomic E-state index is 11.4. The summed E-state index contributed by atoms with van der Waals surface area (Å²) in [6.07, 6.45) is 0.406. The molecule has 1 atom stereocenters. The van der Waals surface area contributed by atoms with Gasteiger partial charge in [-0.1, -0.05) is 6.92 Å². The molecule has 0 bridgehead atoms. The van der Waals surface area contributed by atoms with E-state index >= 15 is 0 Å². The second kappa shape index (κ2) is 5.98. The molecule has 0 aliphatic carbocycles. The van der Waals surface area contributed by atoms with E-state index in [9.17, 15) is 9.90 Å². The van der Waals surface area contributed by atoms with Crippen LogP contribution in [0.1, 0.15) is 27.2 Å². The lowest BCUT2D eigenvalue weighted by molar-refractivity contribution is -0.128. The second-order valence-electron chi connectivity index (χ2n) is 4.16. The lowest BCUT2D eigenvalue weighted by Gasteiger charge is -2.23.